The Hall–Kier alpha value is -0.550. The highest BCUT2D eigenvalue weighted by Gasteiger charge is 1.99. The summed E-state index contributed by atoms with van der Waals surface area (Å²) in [6.45, 7) is 0.747. The minimum absolute atomic E-state index is 0.747. The molecule has 0 radical (unpaired) electrons. The highest BCUT2D eigenvalue weighted by molar-refractivity contribution is 14.1. The van der Waals surface area contributed by atoms with E-state index < -0.39 is 0 Å². The van der Waals surface area contributed by atoms with Crippen molar-refractivity contribution in [2.24, 2.45) is 0 Å². The molecular formula is C12H11IOS. The molecule has 1 nitrogen and oxygen atoms in total. The molecule has 0 N–H and O–H groups in total. The molecule has 0 spiro atoms. The average molecular weight is 330 g/mol. The van der Waals surface area contributed by atoms with Crippen LogP contribution in [0, 0.1) is 3.57 Å². The van der Waals surface area contributed by atoms with Crippen molar-refractivity contribution in [2.75, 3.05) is 6.61 Å². The van der Waals surface area contributed by atoms with Gasteiger partial charge in [-0.25, -0.2) is 0 Å². The monoisotopic (exact) mass is 330 g/mol. The number of halogens is 1. The van der Waals surface area contributed by atoms with Crippen molar-refractivity contribution in [3.8, 4) is 5.75 Å². The lowest BCUT2D eigenvalue weighted by atomic mass is 10.2. The molecule has 1 aromatic carbocycles. The van der Waals surface area contributed by atoms with Crippen LogP contribution in [0.3, 0.4) is 0 Å². The van der Waals surface area contributed by atoms with E-state index in [9.17, 15) is 0 Å². The Bertz CT molecular complexity index is 411. The Balaban J connectivity index is 1.86. The molecule has 0 saturated heterocycles. The quantitative estimate of drug-likeness (QED) is 0.771. The van der Waals surface area contributed by atoms with Crippen LogP contribution >= 0.6 is 33.9 Å². The number of para-hydroxylation sites is 1. The first-order valence-electron chi connectivity index (χ1n) is 4.74. The summed E-state index contributed by atoms with van der Waals surface area (Å²) >= 11 is 4.02. The van der Waals surface area contributed by atoms with Crippen molar-refractivity contribution >= 4 is 33.9 Å². The van der Waals surface area contributed by atoms with Crippen molar-refractivity contribution in [3.05, 3.63) is 50.2 Å². The highest BCUT2D eigenvalue weighted by Crippen LogP contribution is 2.19. The standard InChI is InChI=1S/C12H11IOS/c13-11-3-1-2-4-12(11)14-7-5-10-6-8-15-9-10/h1-4,6,8-9H,5,7H2. The zero-order valence-electron chi connectivity index (χ0n) is 8.15. The molecule has 1 aromatic heterocycles. The largest absolute Gasteiger partial charge is 0.492 e. The fraction of sp³-hybridized carbons (Fsp3) is 0.167. The van der Waals surface area contributed by atoms with E-state index in [1.54, 1.807) is 11.3 Å². The zero-order valence-corrected chi connectivity index (χ0v) is 11.1. The second-order valence-electron chi connectivity index (χ2n) is 3.16. The number of rotatable bonds is 4. The summed E-state index contributed by atoms with van der Waals surface area (Å²) in [5.74, 6) is 0.980. The van der Waals surface area contributed by atoms with Crippen LogP contribution in [-0.2, 0) is 6.42 Å². The Labute approximate surface area is 107 Å². The van der Waals surface area contributed by atoms with E-state index in [0.29, 0.717) is 0 Å². The number of hydrogen-bond donors (Lipinski definition) is 0. The van der Waals surface area contributed by atoms with Gasteiger partial charge < -0.3 is 4.74 Å². The van der Waals surface area contributed by atoms with Crippen molar-refractivity contribution < 1.29 is 4.74 Å². The predicted molar refractivity (Wildman–Crippen MR) is 72.7 cm³/mol. The van der Waals surface area contributed by atoms with Gasteiger partial charge in [0.25, 0.3) is 0 Å². The topological polar surface area (TPSA) is 9.23 Å². The summed E-state index contributed by atoms with van der Waals surface area (Å²) in [6.07, 6.45) is 0.981. The Kier molecular flexibility index (Phi) is 4.02. The molecule has 0 unspecified atom stereocenters. The minimum Gasteiger partial charge on any atom is -0.492 e. The van der Waals surface area contributed by atoms with Gasteiger partial charge in [-0.1, -0.05) is 12.1 Å². The lowest BCUT2D eigenvalue weighted by Crippen LogP contribution is -2.01. The summed E-state index contributed by atoms with van der Waals surface area (Å²) in [4.78, 5) is 0. The van der Waals surface area contributed by atoms with E-state index >= 15 is 0 Å². The number of hydrogen-bond acceptors (Lipinski definition) is 2. The van der Waals surface area contributed by atoms with Crippen LogP contribution in [0.1, 0.15) is 5.56 Å². The van der Waals surface area contributed by atoms with Crippen LogP contribution in [0.4, 0.5) is 0 Å². The second-order valence-corrected chi connectivity index (χ2v) is 5.10. The zero-order chi connectivity index (χ0) is 10.5. The molecule has 78 valence electrons. The third kappa shape index (κ3) is 3.21. The minimum atomic E-state index is 0.747. The summed E-state index contributed by atoms with van der Waals surface area (Å²) < 4.78 is 6.87. The molecule has 0 aliphatic heterocycles. The van der Waals surface area contributed by atoms with Crippen LogP contribution < -0.4 is 4.74 Å². The molecule has 0 aliphatic rings. The molecule has 0 fully saturated rings. The molecular weight excluding hydrogens is 319 g/mol. The van der Waals surface area contributed by atoms with Gasteiger partial charge in [0.1, 0.15) is 5.75 Å². The molecule has 0 atom stereocenters. The van der Waals surface area contributed by atoms with Crippen LogP contribution in [0.2, 0.25) is 0 Å². The maximum absolute atomic E-state index is 5.71. The fourth-order valence-corrected chi connectivity index (χ4v) is 2.52. The third-order valence-electron chi connectivity index (χ3n) is 2.07. The van der Waals surface area contributed by atoms with Gasteiger partial charge in [0.15, 0.2) is 0 Å². The number of ether oxygens (including phenoxy) is 1. The lowest BCUT2D eigenvalue weighted by molar-refractivity contribution is 0.320. The van der Waals surface area contributed by atoms with Crippen molar-refractivity contribution in [1.82, 2.24) is 0 Å². The predicted octanol–water partition coefficient (Wildman–Crippen LogP) is 3.97. The van der Waals surface area contributed by atoms with Gasteiger partial charge in [-0.3, -0.25) is 0 Å². The van der Waals surface area contributed by atoms with Crippen LogP contribution in [0.25, 0.3) is 0 Å². The Morgan fingerprint density at radius 2 is 2.07 bits per heavy atom. The summed E-state index contributed by atoms with van der Waals surface area (Å²) in [7, 11) is 0. The van der Waals surface area contributed by atoms with Gasteiger partial charge in [-0.15, -0.1) is 0 Å². The Morgan fingerprint density at radius 3 is 2.80 bits per heavy atom. The van der Waals surface area contributed by atoms with E-state index in [2.05, 4.69) is 45.5 Å². The summed E-state index contributed by atoms with van der Waals surface area (Å²) in [5, 5.41) is 4.26. The number of thiophene rings is 1. The van der Waals surface area contributed by atoms with Gasteiger partial charge in [0, 0.05) is 6.42 Å². The maximum atomic E-state index is 5.71. The van der Waals surface area contributed by atoms with Gasteiger partial charge in [-0.05, 0) is 57.1 Å². The fourth-order valence-electron chi connectivity index (χ4n) is 1.28. The highest BCUT2D eigenvalue weighted by atomic mass is 127. The molecule has 15 heavy (non-hydrogen) atoms. The average Bonchev–Trinajstić information content (AvgIpc) is 2.74. The van der Waals surface area contributed by atoms with Gasteiger partial charge >= 0.3 is 0 Å². The van der Waals surface area contributed by atoms with E-state index in [1.165, 1.54) is 9.13 Å². The first-order chi connectivity index (χ1) is 7.36. The molecule has 2 rings (SSSR count). The molecule has 0 saturated carbocycles. The van der Waals surface area contributed by atoms with Crippen LogP contribution in [-0.4, -0.2) is 6.61 Å². The normalized spacial score (nSPS) is 10.2. The summed E-state index contributed by atoms with van der Waals surface area (Å²) in [6, 6.07) is 10.2. The van der Waals surface area contributed by atoms with E-state index in [0.717, 1.165) is 18.8 Å². The van der Waals surface area contributed by atoms with Crippen molar-refractivity contribution in [2.45, 2.75) is 6.42 Å². The maximum Gasteiger partial charge on any atom is 0.132 e. The van der Waals surface area contributed by atoms with E-state index in [4.69, 9.17) is 4.74 Å². The van der Waals surface area contributed by atoms with Gasteiger partial charge in [-0.2, -0.15) is 11.3 Å². The lowest BCUT2D eigenvalue weighted by Gasteiger charge is -2.06. The first-order valence-corrected chi connectivity index (χ1v) is 6.77. The number of benzene rings is 1. The van der Waals surface area contributed by atoms with E-state index in [1.807, 2.05) is 18.2 Å². The first kappa shape index (κ1) is 11.0. The molecule has 0 aliphatic carbocycles. The smallest absolute Gasteiger partial charge is 0.132 e. The molecule has 0 bridgehead atoms. The van der Waals surface area contributed by atoms with Crippen molar-refractivity contribution in [3.63, 3.8) is 0 Å². The third-order valence-corrected chi connectivity index (χ3v) is 3.69. The van der Waals surface area contributed by atoms with Crippen LogP contribution in [0.5, 0.6) is 5.75 Å². The molecule has 2 aromatic rings. The van der Waals surface area contributed by atoms with Gasteiger partial charge in [0.2, 0.25) is 0 Å². The Morgan fingerprint density at radius 1 is 1.20 bits per heavy atom. The second kappa shape index (κ2) is 5.51. The van der Waals surface area contributed by atoms with Crippen molar-refractivity contribution in [1.29, 1.82) is 0 Å². The SMILES string of the molecule is Ic1ccccc1OCCc1ccsc1. The summed E-state index contributed by atoms with van der Waals surface area (Å²) in [5.41, 5.74) is 1.35. The van der Waals surface area contributed by atoms with E-state index in [-0.39, 0.29) is 0 Å². The molecule has 1 heterocycles. The molecule has 3 heteroatoms. The van der Waals surface area contributed by atoms with Crippen LogP contribution in [0.15, 0.2) is 41.1 Å². The van der Waals surface area contributed by atoms with Gasteiger partial charge in [0.05, 0.1) is 10.2 Å². The molecule has 0 amide bonds.